The number of aliphatic hydroxyl groups is 4. The van der Waals surface area contributed by atoms with Crippen molar-refractivity contribution in [3.05, 3.63) is 0 Å². The van der Waals surface area contributed by atoms with E-state index < -0.39 is 67.6 Å². The van der Waals surface area contributed by atoms with Gasteiger partial charge in [-0.1, -0.05) is 0 Å². The molecule has 0 aliphatic heterocycles. The number of carbonyl (C=O) groups is 4. The largest absolute Gasteiger partial charge is 0.480 e. The Bertz CT molecular complexity index is 593. The number of aliphatic hydroxyl groups excluding tert-OH is 4. The van der Waals surface area contributed by atoms with Gasteiger partial charge in [0.25, 0.3) is 0 Å². The molecular weight excluding hydrogens is 446 g/mol. The van der Waals surface area contributed by atoms with Gasteiger partial charge in [0.05, 0.1) is 44.8 Å². The summed E-state index contributed by atoms with van der Waals surface area (Å²) >= 11 is 0. The summed E-state index contributed by atoms with van der Waals surface area (Å²) in [7, 11) is 0. The Morgan fingerprint density at radius 2 is 1.18 bits per heavy atom. The highest BCUT2D eigenvalue weighted by molar-refractivity contribution is 5.93. The molecule has 2 unspecified atom stereocenters. The zero-order valence-electron chi connectivity index (χ0n) is 18.2. The minimum absolute atomic E-state index is 0.0321. The first-order chi connectivity index (χ1) is 15.6. The van der Waals surface area contributed by atoms with Crippen LogP contribution >= 0.6 is 0 Å². The molecule has 0 aliphatic rings. The van der Waals surface area contributed by atoms with Crippen LogP contribution in [0.25, 0.3) is 0 Å². The van der Waals surface area contributed by atoms with Crippen LogP contribution in [-0.4, -0.2) is 131 Å². The summed E-state index contributed by atoms with van der Waals surface area (Å²) in [6.07, 6.45) is -3.81. The standard InChI is InChI=1S/C18H35N5O10/c24-10-12(26)7-21-14(28)5-18(17(32)33,6-15(29)22-8-13(27)11-25)23-4-3-19-1-2-20-9-16(30)31/h12-13,19-20,23-27H,1-11H2,(H,21,28)(H,22,29)(H,30,31)(H,32,33). The number of nitrogens with one attached hydrogen (secondary N) is 5. The fourth-order valence-electron chi connectivity index (χ4n) is 2.57. The average Bonchev–Trinajstić information content (AvgIpc) is 2.76. The predicted molar refractivity (Wildman–Crippen MR) is 113 cm³/mol. The van der Waals surface area contributed by atoms with Crippen molar-refractivity contribution in [2.75, 3.05) is 59.0 Å². The van der Waals surface area contributed by atoms with Crippen LogP contribution in [0.5, 0.6) is 0 Å². The lowest BCUT2D eigenvalue weighted by atomic mass is 9.89. The van der Waals surface area contributed by atoms with Crippen LogP contribution in [0.2, 0.25) is 0 Å². The van der Waals surface area contributed by atoms with E-state index in [1.807, 2.05) is 0 Å². The summed E-state index contributed by atoms with van der Waals surface area (Å²) in [6.45, 7) is -1.05. The zero-order valence-corrected chi connectivity index (χ0v) is 18.2. The molecule has 0 saturated carbocycles. The molecule has 15 nitrogen and oxygen atoms in total. The fraction of sp³-hybridized carbons (Fsp3) is 0.778. The third kappa shape index (κ3) is 14.4. The third-order valence-electron chi connectivity index (χ3n) is 4.35. The Morgan fingerprint density at radius 3 is 1.61 bits per heavy atom. The predicted octanol–water partition coefficient (Wildman–Crippen LogP) is -5.62. The molecule has 0 heterocycles. The fourth-order valence-corrected chi connectivity index (χ4v) is 2.57. The Morgan fingerprint density at radius 1 is 0.727 bits per heavy atom. The Hall–Kier alpha value is -2.40. The zero-order chi connectivity index (χ0) is 25.3. The van der Waals surface area contributed by atoms with Crippen LogP contribution in [-0.2, 0) is 19.2 Å². The quantitative estimate of drug-likeness (QED) is 0.0726. The minimum Gasteiger partial charge on any atom is -0.480 e. The van der Waals surface area contributed by atoms with Gasteiger partial charge in [0.1, 0.15) is 5.54 Å². The molecular formula is C18H35N5O10. The summed E-state index contributed by atoms with van der Waals surface area (Å²) in [5.41, 5.74) is -2.02. The van der Waals surface area contributed by atoms with E-state index in [1.165, 1.54) is 0 Å². The monoisotopic (exact) mass is 481 g/mol. The molecule has 0 bridgehead atoms. The van der Waals surface area contributed by atoms with Crippen LogP contribution in [0.3, 0.4) is 0 Å². The topological polar surface area (TPSA) is 250 Å². The number of hydrogen-bond acceptors (Lipinski definition) is 11. The number of carboxylic acid groups (broad SMARTS) is 2. The highest BCUT2D eigenvalue weighted by Gasteiger charge is 2.42. The van der Waals surface area contributed by atoms with E-state index in [9.17, 15) is 34.5 Å². The van der Waals surface area contributed by atoms with E-state index >= 15 is 0 Å². The van der Waals surface area contributed by atoms with Gasteiger partial charge in [-0.3, -0.25) is 24.5 Å². The van der Waals surface area contributed by atoms with Crippen molar-refractivity contribution in [3.63, 3.8) is 0 Å². The van der Waals surface area contributed by atoms with E-state index in [0.29, 0.717) is 13.1 Å². The third-order valence-corrected chi connectivity index (χ3v) is 4.35. The maximum absolute atomic E-state index is 12.3. The molecule has 0 fully saturated rings. The van der Waals surface area contributed by atoms with Crippen molar-refractivity contribution in [1.29, 1.82) is 0 Å². The summed E-state index contributed by atoms with van der Waals surface area (Å²) in [6, 6.07) is 0. The van der Waals surface area contributed by atoms with Gasteiger partial charge in [-0.25, -0.2) is 0 Å². The van der Waals surface area contributed by atoms with Crippen molar-refractivity contribution < 1.29 is 49.8 Å². The summed E-state index contributed by atoms with van der Waals surface area (Å²) in [5.74, 6) is -4.06. The number of carbonyl (C=O) groups excluding carboxylic acids is 2. The molecule has 0 aromatic rings. The normalized spacial score (nSPS) is 14.7. The van der Waals surface area contributed by atoms with E-state index in [-0.39, 0.29) is 32.7 Å². The molecule has 0 rings (SSSR count). The number of amides is 2. The molecule has 0 saturated heterocycles. The molecule has 192 valence electrons. The first-order valence-electron chi connectivity index (χ1n) is 10.3. The minimum atomic E-state index is -2.02. The maximum Gasteiger partial charge on any atom is 0.324 e. The van der Waals surface area contributed by atoms with Gasteiger partial charge >= 0.3 is 11.9 Å². The molecule has 0 radical (unpaired) electrons. The Labute approximate surface area is 190 Å². The van der Waals surface area contributed by atoms with Crippen molar-refractivity contribution in [2.24, 2.45) is 0 Å². The number of hydrogen-bond donors (Lipinski definition) is 11. The smallest absolute Gasteiger partial charge is 0.324 e. The number of rotatable bonds is 20. The lowest BCUT2D eigenvalue weighted by Gasteiger charge is -2.30. The first-order valence-corrected chi connectivity index (χ1v) is 10.3. The van der Waals surface area contributed by atoms with Gasteiger partial charge in [-0.05, 0) is 0 Å². The molecule has 2 amide bonds. The molecule has 2 atom stereocenters. The van der Waals surface area contributed by atoms with Gasteiger partial charge in [0.2, 0.25) is 11.8 Å². The second kappa shape index (κ2) is 17.1. The molecule has 0 aromatic heterocycles. The Balaban J connectivity index is 5.00. The van der Waals surface area contributed by atoms with Crippen molar-refractivity contribution >= 4 is 23.8 Å². The van der Waals surface area contributed by atoms with E-state index in [4.69, 9.17) is 15.3 Å². The van der Waals surface area contributed by atoms with Gasteiger partial charge in [0.15, 0.2) is 0 Å². The van der Waals surface area contributed by atoms with Gasteiger partial charge in [-0.15, -0.1) is 0 Å². The van der Waals surface area contributed by atoms with Gasteiger partial charge in [0, 0.05) is 39.3 Å². The molecule has 33 heavy (non-hydrogen) atoms. The molecule has 11 N–H and O–H groups in total. The first kappa shape index (κ1) is 30.6. The summed E-state index contributed by atoms with van der Waals surface area (Å²) < 4.78 is 0. The lowest BCUT2D eigenvalue weighted by molar-refractivity contribution is -0.150. The van der Waals surface area contributed by atoms with Crippen LogP contribution in [0.15, 0.2) is 0 Å². The van der Waals surface area contributed by atoms with Crippen LogP contribution < -0.4 is 26.6 Å². The van der Waals surface area contributed by atoms with E-state index in [2.05, 4.69) is 26.6 Å². The number of carboxylic acids is 2. The van der Waals surface area contributed by atoms with Gasteiger partial charge in [-0.2, -0.15) is 0 Å². The van der Waals surface area contributed by atoms with Crippen molar-refractivity contribution in [2.45, 2.75) is 30.6 Å². The summed E-state index contributed by atoms with van der Waals surface area (Å²) in [4.78, 5) is 47.0. The van der Waals surface area contributed by atoms with Crippen molar-refractivity contribution in [3.8, 4) is 0 Å². The SMILES string of the molecule is O=C(O)CNCCNCCNC(CC(=O)NCC(O)CO)(CC(=O)NCC(O)CO)C(=O)O. The van der Waals surface area contributed by atoms with Crippen LogP contribution in [0, 0.1) is 0 Å². The molecule has 0 aliphatic carbocycles. The van der Waals surface area contributed by atoms with Gasteiger partial charge < -0.3 is 51.9 Å². The highest BCUT2D eigenvalue weighted by Crippen LogP contribution is 2.17. The molecule has 0 spiro atoms. The van der Waals surface area contributed by atoms with Crippen LogP contribution in [0.4, 0.5) is 0 Å². The lowest BCUT2D eigenvalue weighted by Crippen LogP contribution is -2.58. The van der Waals surface area contributed by atoms with E-state index in [0.717, 1.165) is 0 Å². The second-order valence-corrected chi connectivity index (χ2v) is 7.27. The van der Waals surface area contributed by atoms with E-state index in [1.54, 1.807) is 0 Å². The number of aliphatic carboxylic acids is 2. The molecule has 15 heteroatoms. The molecule has 0 aromatic carbocycles. The van der Waals surface area contributed by atoms with Crippen molar-refractivity contribution in [1.82, 2.24) is 26.6 Å². The summed E-state index contributed by atoms with van der Waals surface area (Å²) in [5, 5.41) is 67.5. The average molecular weight is 482 g/mol. The Kier molecular flexibility index (Phi) is 15.9. The second-order valence-electron chi connectivity index (χ2n) is 7.27. The maximum atomic E-state index is 12.3. The highest BCUT2D eigenvalue weighted by atomic mass is 16.4. The van der Waals surface area contributed by atoms with Crippen LogP contribution in [0.1, 0.15) is 12.8 Å².